The number of amides is 1. The van der Waals surface area contributed by atoms with Gasteiger partial charge in [0, 0.05) is 6.54 Å². The van der Waals surface area contributed by atoms with E-state index < -0.39 is 41.9 Å². The van der Waals surface area contributed by atoms with E-state index in [0.717, 1.165) is 19.3 Å². The minimum Gasteiger partial charge on any atom is -0.388 e. The molecule has 0 aliphatic carbocycles. The topological polar surface area (TPSA) is 126 Å². The number of aliphatic hydroxyl groups is 3. The third-order valence-corrected chi connectivity index (χ3v) is 7.18. The Balaban J connectivity index is 2.08. The number of unbranched alkanes of at least 4 members (excludes halogenated alkanes) is 2. The molecule has 2 saturated heterocycles. The van der Waals surface area contributed by atoms with Gasteiger partial charge in [0.15, 0.2) is 0 Å². The number of likely N-dealkylation sites (tertiary alicyclic amines) is 1. The minimum atomic E-state index is -1.34. The number of nitrogens with one attached hydrogen (secondary N) is 2. The normalized spacial score (nSPS) is 35.5. The molecule has 9 heteroatoms. The SMILES string of the molecule is CCCCC[C@@H]1C[C@@H](C(=O)N[C@H](C(C)C)C2O[C@H](SC)[C@H](O)[C@@H](O)[C@H]2O)N(C=N)C1. The Hall–Kier alpha value is -0.870. The Kier molecular flexibility index (Phi) is 9.87. The molecule has 0 aromatic heterocycles. The van der Waals surface area contributed by atoms with Crippen molar-refractivity contribution >= 4 is 24.0 Å². The van der Waals surface area contributed by atoms with Crippen LogP contribution in [0.4, 0.5) is 0 Å². The van der Waals surface area contributed by atoms with Gasteiger partial charge in [-0.05, 0) is 30.9 Å². The monoisotopic (exact) mass is 445 g/mol. The maximum absolute atomic E-state index is 13.1. The Morgan fingerprint density at radius 3 is 2.53 bits per heavy atom. The van der Waals surface area contributed by atoms with Crippen LogP contribution >= 0.6 is 11.8 Å². The van der Waals surface area contributed by atoms with Crippen molar-refractivity contribution in [1.29, 1.82) is 5.41 Å². The zero-order valence-corrected chi connectivity index (χ0v) is 19.3. The van der Waals surface area contributed by atoms with Crippen LogP contribution in [0.1, 0.15) is 52.9 Å². The van der Waals surface area contributed by atoms with E-state index in [1.54, 1.807) is 11.2 Å². The van der Waals surface area contributed by atoms with E-state index in [2.05, 4.69) is 12.2 Å². The Morgan fingerprint density at radius 2 is 1.97 bits per heavy atom. The molecule has 2 fully saturated rings. The first kappa shape index (κ1) is 25.4. The van der Waals surface area contributed by atoms with Gasteiger partial charge >= 0.3 is 0 Å². The average molecular weight is 446 g/mol. The second-order valence-corrected chi connectivity index (χ2v) is 9.83. The van der Waals surface area contributed by atoms with E-state index >= 15 is 0 Å². The van der Waals surface area contributed by atoms with Gasteiger partial charge in [-0.1, -0.05) is 40.0 Å². The van der Waals surface area contributed by atoms with Crippen molar-refractivity contribution < 1.29 is 24.9 Å². The molecule has 1 unspecified atom stereocenters. The largest absolute Gasteiger partial charge is 0.388 e. The van der Waals surface area contributed by atoms with Gasteiger partial charge in [0.25, 0.3) is 0 Å². The summed E-state index contributed by atoms with van der Waals surface area (Å²) in [4.78, 5) is 14.9. The molecule has 8 nitrogen and oxygen atoms in total. The van der Waals surface area contributed by atoms with E-state index in [1.807, 2.05) is 13.8 Å². The van der Waals surface area contributed by atoms with Crippen LogP contribution in [0.15, 0.2) is 0 Å². The molecule has 0 saturated carbocycles. The van der Waals surface area contributed by atoms with Crippen molar-refractivity contribution in [3.05, 3.63) is 0 Å². The highest BCUT2D eigenvalue weighted by molar-refractivity contribution is 7.99. The van der Waals surface area contributed by atoms with Gasteiger partial charge in [-0.3, -0.25) is 10.2 Å². The molecule has 174 valence electrons. The molecule has 0 bridgehead atoms. The maximum Gasteiger partial charge on any atom is 0.243 e. The molecule has 1 amide bonds. The van der Waals surface area contributed by atoms with Crippen LogP contribution in [0, 0.1) is 17.2 Å². The first-order valence-electron chi connectivity index (χ1n) is 11.0. The third-order valence-electron chi connectivity index (χ3n) is 6.33. The molecule has 0 spiro atoms. The Bertz CT molecular complexity index is 565. The number of carbonyl (C=O) groups is 1. The fraction of sp³-hybridized carbons (Fsp3) is 0.905. The zero-order chi connectivity index (χ0) is 22.4. The summed E-state index contributed by atoms with van der Waals surface area (Å²) in [6, 6.07) is -0.945. The van der Waals surface area contributed by atoms with Gasteiger partial charge in [0.05, 0.1) is 12.4 Å². The molecule has 2 rings (SSSR count). The lowest BCUT2D eigenvalue weighted by Crippen LogP contribution is -2.64. The number of carbonyl (C=O) groups excluding carboxylic acids is 1. The Morgan fingerprint density at radius 1 is 1.27 bits per heavy atom. The fourth-order valence-electron chi connectivity index (χ4n) is 4.50. The molecule has 0 aromatic rings. The predicted octanol–water partition coefficient (Wildman–Crippen LogP) is 1.18. The number of aliphatic hydroxyl groups excluding tert-OH is 3. The number of hydrogen-bond donors (Lipinski definition) is 5. The number of thioether (sulfide) groups is 1. The third kappa shape index (κ3) is 5.88. The summed E-state index contributed by atoms with van der Waals surface area (Å²) in [5.74, 6) is 0.141. The molecular formula is C21H39N3O5S. The van der Waals surface area contributed by atoms with E-state index in [9.17, 15) is 20.1 Å². The van der Waals surface area contributed by atoms with E-state index in [1.165, 1.54) is 24.5 Å². The lowest BCUT2D eigenvalue weighted by Gasteiger charge is -2.44. The molecule has 0 radical (unpaired) electrons. The highest BCUT2D eigenvalue weighted by atomic mass is 32.2. The van der Waals surface area contributed by atoms with Crippen molar-refractivity contribution in [2.24, 2.45) is 11.8 Å². The molecule has 2 heterocycles. The van der Waals surface area contributed by atoms with Crippen molar-refractivity contribution in [1.82, 2.24) is 10.2 Å². The number of ether oxygens (including phenoxy) is 1. The molecule has 8 atom stereocenters. The number of hydrogen-bond acceptors (Lipinski definition) is 7. The maximum atomic E-state index is 13.1. The van der Waals surface area contributed by atoms with Crippen molar-refractivity contribution in [2.75, 3.05) is 12.8 Å². The number of nitrogens with zero attached hydrogens (tertiary/aromatic N) is 1. The standard InChI is InChI=1S/C21H39N3O5S/c1-5-6-7-8-13-9-14(24(10-13)11-22)20(28)23-15(12(2)3)19-17(26)16(25)18(27)21(29-19)30-4/h11-19,21-22,25-27H,5-10H2,1-4H3,(H,23,28)/t13-,14+,15-,16+,17-,18-,19?,21-/m1/s1. The average Bonchev–Trinajstić information content (AvgIpc) is 3.14. The van der Waals surface area contributed by atoms with Gasteiger partial charge in [0.2, 0.25) is 5.91 Å². The highest BCUT2D eigenvalue weighted by Gasteiger charge is 2.48. The second-order valence-electron chi connectivity index (χ2n) is 8.89. The van der Waals surface area contributed by atoms with Gasteiger partial charge in [-0.15, -0.1) is 11.8 Å². The summed E-state index contributed by atoms with van der Waals surface area (Å²) in [5.41, 5.74) is -0.681. The van der Waals surface area contributed by atoms with Crippen molar-refractivity contribution in [3.63, 3.8) is 0 Å². The molecule has 0 aromatic carbocycles. The van der Waals surface area contributed by atoms with Crippen LogP contribution in [0.2, 0.25) is 0 Å². The van der Waals surface area contributed by atoms with E-state index in [0.29, 0.717) is 18.9 Å². The van der Waals surface area contributed by atoms with Gasteiger partial charge in [-0.2, -0.15) is 0 Å². The summed E-state index contributed by atoms with van der Waals surface area (Å²) in [6.45, 7) is 6.71. The van der Waals surface area contributed by atoms with Gasteiger partial charge < -0.3 is 30.3 Å². The lowest BCUT2D eigenvalue weighted by atomic mass is 9.88. The molecule has 2 aliphatic rings. The van der Waals surface area contributed by atoms with Crippen LogP contribution in [-0.2, 0) is 9.53 Å². The first-order valence-corrected chi connectivity index (χ1v) is 12.3. The van der Waals surface area contributed by atoms with Crippen LogP contribution in [0.25, 0.3) is 0 Å². The fourth-order valence-corrected chi connectivity index (χ4v) is 5.18. The zero-order valence-electron chi connectivity index (χ0n) is 18.5. The molecule has 2 aliphatic heterocycles. The van der Waals surface area contributed by atoms with E-state index in [4.69, 9.17) is 10.1 Å². The summed E-state index contributed by atoms with van der Waals surface area (Å²) in [7, 11) is 0. The minimum absolute atomic E-state index is 0.0614. The smallest absolute Gasteiger partial charge is 0.243 e. The van der Waals surface area contributed by atoms with Gasteiger partial charge in [-0.25, -0.2) is 0 Å². The van der Waals surface area contributed by atoms with Crippen LogP contribution in [0.5, 0.6) is 0 Å². The number of rotatable bonds is 10. The molecule has 5 N–H and O–H groups in total. The quantitative estimate of drug-likeness (QED) is 0.194. The van der Waals surface area contributed by atoms with Crippen LogP contribution in [0.3, 0.4) is 0 Å². The summed E-state index contributed by atoms with van der Waals surface area (Å²) >= 11 is 1.26. The lowest BCUT2D eigenvalue weighted by molar-refractivity contribution is -0.208. The van der Waals surface area contributed by atoms with E-state index in [-0.39, 0.29) is 11.8 Å². The van der Waals surface area contributed by atoms with Crippen molar-refractivity contribution in [3.8, 4) is 0 Å². The molecular weight excluding hydrogens is 406 g/mol. The van der Waals surface area contributed by atoms with Crippen LogP contribution in [-0.4, -0.2) is 87.2 Å². The Labute approximate surface area is 184 Å². The summed E-state index contributed by atoms with van der Waals surface area (Å²) < 4.78 is 5.89. The summed E-state index contributed by atoms with van der Waals surface area (Å²) in [5, 5.41) is 41.6. The second kappa shape index (κ2) is 11.7. The van der Waals surface area contributed by atoms with Crippen LogP contribution < -0.4 is 5.32 Å². The van der Waals surface area contributed by atoms with Gasteiger partial charge in [0.1, 0.15) is 35.9 Å². The first-order chi connectivity index (χ1) is 14.2. The summed E-state index contributed by atoms with van der Waals surface area (Å²) in [6.07, 6.45) is 3.56. The van der Waals surface area contributed by atoms with Crippen molar-refractivity contribution in [2.45, 2.75) is 94.8 Å². The highest BCUT2D eigenvalue weighted by Crippen LogP contribution is 2.31. The molecule has 30 heavy (non-hydrogen) atoms. The predicted molar refractivity (Wildman–Crippen MR) is 118 cm³/mol.